The highest BCUT2D eigenvalue weighted by Crippen LogP contribution is 2.20. The van der Waals surface area contributed by atoms with E-state index in [1.807, 2.05) is 38.1 Å². The van der Waals surface area contributed by atoms with E-state index in [0.29, 0.717) is 26.1 Å². The summed E-state index contributed by atoms with van der Waals surface area (Å²) < 4.78 is 5.24. The monoisotopic (exact) mass is 303 g/mol. The Hall–Kier alpha value is -1.65. The number of amides is 1. The number of aryl methyl sites for hydroxylation is 1. The number of hydrogen-bond acceptors (Lipinski definition) is 3. The van der Waals surface area contributed by atoms with Gasteiger partial charge in [-0.15, -0.1) is 0 Å². The molecule has 0 saturated carbocycles. The van der Waals surface area contributed by atoms with Crippen LogP contribution < -0.4 is 5.32 Å². The van der Waals surface area contributed by atoms with Crippen molar-refractivity contribution in [3.63, 3.8) is 0 Å². The minimum atomic E-state index is -0.835. The van der Waals surface area contributed by atoms with Crippen LogP contribution in [0.5, 0.6) is 0 Å². The molecule has 0 spiro atoms. The van der Waals surface area contributed by atoms with Gasteiger partial charge in [0, 0.05) is 38.7 Å². The van der Waals surface area contributed by atoms with Gasteiger partial charge in [-0.05, 0) is 24.5 Å². The second-order valence-electron chi connectivity index (χ2n) is 5.94. The van der Waals surface area contributed by atoms with E-state index < -0.39 is 5.60 Å². The van der Waals surface area contributed by atoms with Gasteiger partial charge in [0.2, 0.25) is 5.91 Å². The molecule has 1 fully saturated rings. The molecule has 0 bridgehead atoms. The van der Waals surface area contributed by atoms with Crippen molar-refractivity contribution < 1.29 is 14.6 Å². The first-order chi connectivity index (χ1) is 10.5. The lowest BCUT2D eigenvalue weighted by Gasteiger charge is -2.31. The fourth-order valence-electron chi connectivity index (χ4n) is 2.55. The molecule has 4 nitrogen and oxygen atoms in total. The molecule has 1 aliphatic heterocycles. The van der Waals surface area contributed by atoms with Crippen LogP contribution in [0.15, 0.2) is 30.3 Å². The maximum Gasteiger partial charge on any atom is 0.244 e. The molecule has 0 aromatic heterocycles. The van der Waals surface area contributed by atoms with Crippen LogP contribution in [0, 0.1) is 6.92 Å². The van der Waals surface area contributed by atoms with E-state index in [1.54, 1.807) is 6.08 Å². The highest BCUT2D eigenvalue weighted by atomic mass is 16.5. The van der Waals surface area contributed by atoms with Crippen LogP contribution in [-0.2, 0) is 9.53 Å². The fraction of sp³-hybridized carbons (Fsp3) is 0.500. The molecule has 2 N–H and O–H groups in total. The molecular formula is C18H25NO3. The maximum atomic E-state index is 12.1. The van der Waals surface area contributed by atoms with Crippen LogP contribution >= 0.6 is 0 Å². The number of allylic oxidation sites excluding steroid dienone is 1. The zero-order chi connectivity index (χ0) is 16.0. The van der Waals surface area contributed by atoms with E-state index in [-0.39, 0.29) is 12.5 Å². The summed E-state index contributed by atoms with van der Waals surface area (Å²) in [7, 11) is 0. The van der Waals surface area contributed by atoms with Crippen molar-refractivity contribution in [2.45, 2.75) is 38.7 Å². The van der Waals surface area contributed by atoms with Crippen LogP contribution in [0.4, 0.5) is 0 Å². The lowest BCUT2D eigenvalue weighted by atomic mass is 9.94. The van der Waals surface area contributed by atoms with Crippen LogP contribution in [0.25, 0.3) is 5.57 Å². The first kappa shape index (κ1) is 16.7. The Morgan fingerprint density at radius 2 is 1.95 bits per heavy atom. The molecule has 0 radical (unpaired) electrons. The number of nitrogens with one attached hydrogen (secondary N) is 1. The summed E-state index contributed by atoms with van der Waals surface area (Å²) in [4.78, 5) is 12.1. The number of rotatable bonds is 5. The molecule has 1 aromatic rings. The average Bonchev–Trinajstić information content (AvgIpc) is 2.52. The zero-order valence-electron chi connectivity index (χ0n) is 13.4. The van der Waals surface area contributed by atoms with Crippen molar-refractivity contribution in [2.24, 2.45) is 0 Å². The normalized spacial score (nSPS) is 18.0. The van der Waals surface area contributed by atoms with Gasteiger partial charge in [-0.3, -0.25) is 4.79 Å². The third-order valence-corrected chi connectivity index (χ3v) is 4.12. The maximum absolute atomic E-state index is 12.1. The summed E-state index contributed by atoms with van der Waals surface area (Å²) in [5.41, 5.74) is 2.42. The summed E-state index contributed by atoms with van der Waals surface area (Å²) in [6.45, 7) is 5.44. The topological polar surface area (TPSA) is 58.6 Å². The molecule has 0 atom stereocenters. The third-order valence-electron chi connectivity index (χ3n) is 4.12. The summed E-state index contributed by atoms with van der Waals surface area (Å²) in [6, 6.07) is 8.15. The summed E-state index contributed by atoms with van der Waals surface area (Å²) in [5, 5.41) is 13.2. The van der Waals surface area contributed by atoms with E-state index >= 15 is 0 Å². The lowest BCUT2D eigenvalue weighted by Crippen LogP contribution is -2.46. The molecule has 0 aliphatic carbocycles. The standard InChI is InChI=1S/C18H25NO3/c1-3-15(16-6-4-14(2)5-7-16)12-17(20)19-13-18(21)8-10-22-11-9-18/h4-7,12,21H,3,8-11,13H2,1-2H3,(H,19,20). The Morgan fingerprint density at radius 3 is 2.55 bits per heavy atom. The molecule has 120 valence electrons. The van der Waals surface area contributed by atoms with Gasteiger partial charge in [-0.2, -0.15) is 0 Å². The first-order valence-electron chi connectivity index (χ1n) is 7.88. The molecule has 0 unspecified atom stereocenters. The number of aliphatic hydroxyl groups is 1. The van der Waals surface area contributed by atoms with Gasteiger partial charge in [0.05, 0.1) is 5.60 Å². The van der Waals surface area contributed by atoms with Crippen LogP contribution in [-0.4, -0.2) is 36.4 Å². The Morgan fingerprint density at radius 1 is 1.32 bits per heavy atom. The third kappa shape index (κ3) is 4.68. The van der Waals surface area contributed by atoms with E-state index in [9.17, 15) is 9.90 Å². The molecule has 1 amide bonds. The van der Waals surface area contributed by atoms with Gasteiger partial charge < -0.3 is 15.2 Å². The van der Waals surface area contributed by atoms with Crippen molar-refractivity contribution in [1.29, 1.82) is 0 Å². The molecule has 2 rings (SSSR count). The van der Waals surface area contributed by atoms with E-state index in [1.165, 1.54) is 5.56 Å². The van der Waals surface area contributed by atoms with Gasteiger partial charge in [0.25, 0.3) is 0 Å². The fourth-order valence-corrected chi connectivity index (χ4v) is 2.55. The molecule has 1 saturated heterocycles. The lowest BCUT2D eigenvalue weighted by molar-refractivity contribution is -0.119. The Labute approximate surface area is 132 Å². The van der Waals surface area contributed by atoms with Gasteiger partial charge in [-0.25, -0.2) is 0 Å². The predicted octanol–water partition coefficient (Wildman–Crippen LogP) is 2.45. The number of carbonyl (C=O) groups excluding carboxylic acids is 1. The van der Waals surface area contributed by atoms with E-state index in [0.717, 1.165) is 17.6 Å². The number of ether oxygens (including phenoxy) is 1. The quantitative estimate of drug-likeness (QED) is 0.822. The Bertz CT molecular complexity index is 528. The number of benzene rings is 1. The van der Waals surface area contributed by atoms with Gasteiger partial charge >= 0.3 is 0 Å². The molecule has 22 heavy (non-hydrogen) atoms. The predicted molar refractivity (Wildman–Crippen MR) is 87.5 cm³/mol. The Balaban J connectivity index is 1.97. The Kier molecular flexibility index (Phi) is 5.75. The van der Waals surface area contributed by atoms with Crippen LogP contribution in [0.1, 0.15) is 37.3 Å². The number of carbonyl (C=O) groups is 1. The second kappa shape index (κ2) is 7.56. The smallest absolute Gasteiger partial charge is 0.244 e. The van der Waals surface area contributed by atoms with Crippen LogP contribution in [0.2, 0.25) is 0 Å². The number of hydrogen-bond donors (Lipinski definition) is 2. The van der Waals surface area contributed by atoms with Crippen molar-refractivity contribution in [1.82, 2.24) is 5.32 Å². The van der Waals surface area contributed by atoms with Gasteiger partial charge in [0.15, 0.2) is 0 Å². The zero-order valence-corrected chi connectivity index (χ0v) is 13.4. The summed E-state index contributed by atoms with van der Waals surface area (Å²) in [6.07, 6.45) is 3.55. The van der Waals surface area contributed by atoms with Crippen molar-refractivity contribution in [2.75, 3.05) is 19.8 Å². The van der Waals surface area contributed by atoms with Crippen LogP contribution in [0.3, 0.4) is 0 Å². The van der Waals surface area contributed by atoms with Gasteiger partial charge in [-0.1, -0.05) is 36.8 Å². The van der Waals surface area contributed by atoms with E-state index in [2.05, 4.69) is 5.32 Å². The first-order valence-corrected chi connectivity index (χ1v) is 7.88. The second-order valence-corrected chi connectivity index (χ2v) is 5.94. The SMILES string of the molecule is CCC(=CC(=O)NCC1(O)CCOCC1)c1ccc(C)cc1. The summed E-state index contributed by atoms with van der Waals surface area (Å²) >= 11 is 0. The molecule has 4 heteroatoms. The van der Waals surface area contributed by atoms with Crippen molar-refractivity contribution >= 4 is 11.5 Å². The molecular weight excluding hydrogens is 278 g/mol. The highest BCUT2D eigenvalue weighted by Gasteiger charge is 2.29. The van der Waals surface area contributed by atoms with Gasteiger partial charge in [0.1, 0.15) is 0 Å². The van der Waals surface area contributed by atoms with Crippen molar-refractivity contribution in [3.05, 3.63) is 41.5 Å². The average molecular weight is 303 g/mol. The summed E-state index contributed by atoms with van der Waals surface area (Å²) in [5.74, 6) is -0.155. The van der Waals surface area contributed by atoms with Crippen molar-refractivity contribution in [3.8, 4) is 0 Å². The minimum absolute atomic E-state index is 0.155. The largest absolute Gasteiger partial charge is 0.388 e. The highest BCUT2D eigenvalue weighted by molar-refractivity contribution is 5.95. The minimum Gasteiger partial charge on any atom is -0.388 e. The molecule has 1 aliphatic rings. The molecule has 1 heterocycles. The van der Waals surface area contributed by atoms with E-state index in [4.69, 9.17) is 4.74 Å². The molecule has 1 aromatic carbocycles.